The Bertz CT molecular complexity index is 2020. The van der Waals surface area contributed by atoms with E-state index in [1.165, 1.54) is 22.7 Å². The summed E-state index contributed by atoms with van der Waals surface area (Å²) in [5.41, 5.74) is 13.4. The number of halogens is 1. The monoisotopic (exact) mass is 716 g/mol. The Morgan fingerprint density at radius 1 is 0.673 bits per heavy atom. The van der Waals surface area contributed by atoms with Crippen LogP contribution in [0.1, 0.15) is 20.9 Å². The van der Waals surface area contributed by atoms with Crippen molar-refractivity contribution in [1.82, 2.24) is 0 Å². The van der Waals surface area contributed by atoms with Gasteiger partial charge in [0.05, 0.1) is 9.75 Å². The number of nitrogen functional groups attached to an aromatic ring is 2. The van der Waals surface area contributed by atoms with Crippen LogP contribution in [0.15, 0.2) is 110 Å². The Morgan fingerprint density at radius 2 is 1.14 bits per heavy atom. The first-order valence-corrected chi connectivity index (χ1v) is 16.5. The lowest BCUT2D eigenvalue weighted by Crippen LogP contribution is -2.08. The number of hydrogen-bond acceptors (Lipinski definition) is 9. The van der Waals surface area contributed by atoms with Crippen molar-refractivity contribution in [3.05, 3.63) is 131 Å². The highest BCUT2D eigenvalue weighted by molar-refractivity contribution is 7.21. The van der Waals surface area contributed by atoms with E-state index in [0.717, 1.165) is 47.7 Å². The van der Waals surface area contributed by atoms with Gasteiger partial charge in [-0.1, -0.05) is 73.3 Å². The summed E-state index contributed by atoms with van der Waals surface area (Å²) in [4.78, 5) is 1.42. The fraction of sp³-hybridized carbons (Fsp3) is 0.135. The number of nitrogens with two attached hydrogens (primary N) is 2. The predicted molar refractivity (Wildman–Crippen MR) is 203 cm³/mol. The second-order valence-corrected chi connectivity index (χ2v) is 12.6. The first-order chi connectivity index (χ1) is 23.3. The molecule has 0 saturated carbocycles. The minimum atomic E-state index is 0. The second kappa shape index (κ2) is 17.9. The van der Waals surface area contributed by atoms with Gasteiger partial charge in [0.15, 0.2) is 6.79 Å². The number of benzene rings is 4. The van der Waals surface area contributed by atoms with Crippen molar-refractivity contribution in [2.45, 2.75) is 13.2 Å². The average Bonchev–Trinajstić information content (AvgIpc) is 3.75. The van der Waals surface area contributed by atoms with Gasteiger partial charge in [0.1, 0.15) is 54.5 Å². The van der Waals surface area contributed by atoms with Gasteiger partial charge >= 0.3 is 0 Å². The lowest BCUT2D eigenvalue weighted by atomic mass is 10.2. The zero-order valence-corrected chi connectivity index (χ0v) is 29.2. The number of fused-ring (bicyclic) bond motifs is 2. The zero-order valence-electron chi connectivity index (χ0n) is 26.8. The van der Waals surface area contributed by atoms with E-state index in [-0.39, 0.29) is 30.9 Å². The molecule has 0 spiro atoms. The predicted octanol–water partition coefficient (Wildman–Crippen LogP) is 8.50. The molecule has 254 valence electrons. The number of rotatable bonds is 14. The molecule has 2 aromatic heterocycles. The van der Waals surface area contributed by atoms with Crippen molar-refractivity contribution in [2.75, 3.05) is 20.5 Å². The van der Waals surface area contributed by atoms with Gasteiger partial charge < -0.3 is 35.2 Å². The minimum absolute atomic E-state index is 0. The first kappa shape index (κ1) is 36.8. The summed E-state index contributed by atoms with van der Waals surface area (Å²) >= 11 is 2.89. The molecule has 0 saturated heterocycles. The quantitative estimate of drug-likeness (QED) is 0.0383. The van der Waals surface area contributed by atoms with E-state index in [1.807, 2.05) is 91.0 Å². The van der Waals surface area contributed by atoms with Crippen LogP contribution in [-0.4, -0.2) is 32.2 Å². The van der Waals surface area contributed by atoms with Crippen molar-refractivity contribution >= 4 is 66.9 Å². The Hall–Kier alpha value is -5.07. The third-order valence-corrected chi connectivity index (χ3v) is 9.09. The number of amidine groups is 2. The largest absolute Gasteiger partial charge is 0.489 e. The molecule has 4 aromatic carbocycles. The molecule has 0 unspecified atom stereocenters. The highest BCUT2D eigenvalue weighted by Crippen LogP contribution is 2.38. The van der Waals surface area contributed by atoms with Crippen LogP contribution in [0, 0.1) is 10.8 Å². The van der Waals surface area contributed by atoms with Gasteiger partial charge in [-0.15, -0.1) is 35.1 Å². The maximum atomic E-state index is 7.74. The van der Waals surface area contributed by atoms with E-state index in [1.54, 1.807) is 19.3 Å². The van der Waals surface area contributed by atoms with Gasteiger partial charge in [0.2, 0.25) is 0 Å². The molecule has 0 aliphatic rings. The lowest BCUT2D eigenvalue weighted by Gasteiger charge is -2.11. The summed E-state index contributed by atoms with van der Waals surface area (Å²) in [6, 6.07) is 31.4. The Balaban J connectivity index is 0.000000229. The van der Waals surface area contributed by atoms with Crippen LogP contribution >= 0.6 is 35.1 Å². The molecule has 0 atom stereocenters. The molecule has 6 rings (SSSR count). The normalized spacial score (nSPS) is 10.4. The van der Waals surface area contributed by atoms with Crippen LogP contribution in [0.4, 0.5) is 0 Å². The summed E-state index contributed by atoms with van der Waals surface area (Å²) in [6.07, 6.45) is 1.68. The molecule has 49 heavy (non-hydrogen) atoms. The lowest BCUT2D eigenvalue weighted by molar-refractivity contribution is 0.0521. The molecule has 6 N–H and O–H groups in total. The average molecular weight is 717 g/mol. The van der Waals surface area contributed by atoms with Crippen molar-refractivity contribution in [3.63, 3.8) is 0 Å². The Morgan fingerprint density at radius 3 is 1.61 bits per heavy atom. The molecular weight excluding hydrogens is 680 g/mol. The number of thiophene rings is 2. The molecule has 0 bridgehead atoms. The number of ether oxygens (including phenoxy) is 5. The van der Waals surface area contributed by atoms with E-state index in [2.05, 4.69) is 6.58 Å². The van der Waals surface area contributed by atoms with Crippen molar-refractivity contribution in [1.29, 1.82) is 10.8 Å². The van der Waals surface area contributed by atoms with Gasteiger partial charge in [-0.25, -0.2) is 0 Å². The van der Waals surface area contributed by atoms with Crippen LogP contribution in [0.2, 0.25) is 0 Å². The van der Waals surface area contributed by atoms with Crippen LogP contribution in [0.3, 0.4) is 0 Å². The number of hydrogen-bond donors (Lipinski definition) is 4. The third kappa shape index (κ3) is 9.97. The third-order valence-electron chi connectivity index (χ3n) is 6.86. The van der Waals surface area contributed by atoms with Gasteiger partial charge in [0.25, 0.3) is 0 Å². The zero-order chi connectivity index (χ0) is 33.9. The first-order valence-electron chi connectivity index (χ1n) is 14.9. The molecular formula is C37H37ClN4O5S2. The van der Waals surface area contributed by atoms with Crippen molar-refractivity contribution in [2.24, 2.45) is 11.5 Å². The summed E-state index contributed by atoms with van der Waals surface area (Å²) in [5.74, 6) is 2.89. The molecule has 0 fully saturated rings. The molecule has 12 heteroatoms. The van der Waals surface area contributed by atoms with E-state index in [9.17, 15) is 0 Å². The highest BCUT2D eigenvalue weighted by Gasteiger charge is 2.14. The van der Waals surface area contributed by atoms with Crippen LogP contribution in [-0.2, 0) is 18.0 Å². The summed E-state index contributed by atoms with van der Waals surface area (Å²) < 4.78 is 30.1. The van der Waals surface area contributed by atoms with Gasteiger partial charge in [-0.2, -0.15) is 0 Å². The highest BCUT2D eigenvalue weighted by atomic mass is 35.5. The van der Waals surface area contributed by atoms with Gasteiger partial charge in [-0.3, -0.25) is 10.8 Å². The van der Waals surface area contributed by atoms with Crippen LogP contribution in [0.5, 0.6) is 23.0 Å². The molecule has 0 aliphatic carbocycles. The minimum Gasteiger partial charge on any atom is -0.489 e. The standard InChI is InChI=1S/C23H20N2O2S.C14H16N2O3S.ClH/c24-23(25)22-13-19-20(27-15-17-9-5-2-6-10-17)11-18(12-21(19)28-22)26-14-16-7-3-1-4-8-16;1-3-4-18-9-5-11(19-8-17-2)10-7-13(14(15)16)20-12(10)6-9;/h1-13H,14-15H2,(H3,24,25);3,5-7H,1,4,8H2,2H3,(H3,15,16);1H. The Labute approximate surface area is 299 Å². The van der Waals surface area contributed by atoms with Crippen LogP contribution in [0.25, 0.3) is 20.2 Å². The van der Waals surface area contributed by atoms with Gasteiger partial charge in [0, 0.05) is 39.4 Å². The maximum absolute atomic E-state index is 7.74. The van der Waals surface area contributed by atoms with Crippen molar-refractivity contribution < 1.29 is 23.7 Å². The second-order valence-electron chi connectivity index (χ2n) is 10.4. The molecule has 0 aliphatic heterocycles. The maximum Gasteiger partial charge on any atom is 0.188 e. The SMILES string of the molecule is C=CCOc1cc(OCOC)c2cc(C(=N)N)sc2c1.Cl.N=C(N)c1cc2c(OCc3ccccc3)cc(OCc3ccccc3)cc2s1. The molecule has 2 heterocycles. The van der Waals surface area contributed by atoms with E-state index >= 15 is 0 Å². The van der Waals surface area contributed by atoms with E-state index in [0.29, 0.717) is 36.2 Å². The summed E-state index contributed by atoms with van der Waals surface area (Å²) in [6.45, 7) is 5.12. The fourth-order valence-corrected chi connectivity index (χ4v) is 6.53. The molecule has 0 radical (unpaired) electrons. The summed E-state index contributed by atoms with van der Waals surface area (Å²) in [5, 5.41) is 17.1. The number of methoxy groups -OCH3 is 1. The Kier molecular flexibility index (Phi) is 13.4. The van der Waals surface area contributed by atoms with Gasteiger partial charge in [-0.05, 0) is 35.4 Å². The van der Waals surface area contributed by atoms with Crippen LogP contribution < -0.4 is 30.4 Å². The topological polar surface area (TPSA) is 146 Å². The molecule has 6 aromatic rings. The smallest absolute Gasteiger partial charge is 0.188 e. The summed E-state index contributed by atoms with van der Waals surface area (Å²) in [7, 11) is 1.56. The molecule has 9 nitrogen and oxygen atoms in total. The van der Waals surface area contributed by atoms with E-state index < -0.39 is 0 Å². The molecule has 0 amide bonds. The van der Waals surface area contributed by atoms with E-state index in [4.69, 9.17) is 46.0 Å². The van der Waals surface area contributed by atoms with Crippen molar-refractivity contribution in [3.8, 4) is 23.0 Å². The fourth-order valence-electron chi connectivity index (χ4n) is 4.59. The number of nitrogens with one attached hydrogen (secondary N) is 2.